The molecule has 5 heteroatoms. The molecule has 1 N–H and O–H groups in total. The lowest BCUT2D eigenvalue weighted by Crippen LogP contribution is -2.10. The Morgan fingerprint density at radius 3 is 2.11 bits per heavy atom. The summed E-state index contributed by atoms with van der Waals surface area (Å²) in [5.41, 5.74) is 0. The first kappa shape index (κ1) is 8.00. The van der Waals surface area contributed by atoms with Crippen molar-refractivity contribution in [3.05, 3.63) is 12.2 Å². The van der Waals surface area contributed by atoms with E-state index in [4.69, 9.17) is 5.11 Å². The highest BCUT2D eigenvalue weighted by atomic mass is 19.3. The zero-order valence-electron chi connectivity index (χ0n) is 4.14. The lowest BCUT2D eigenvalue weighted by molar-refractivity contribution is -0.141. The van der Waals surface area contributed by atoms with Gasteiger partial charge in [-0.25, -0.2) is 9.18 Å². The zero-order chi connectivity index (χ0) is 7.44. The van der Waals surface area contributed by atoms with E-state index < -0.39 is 18.2 Å². The van der Waals surface area contributed by atoms with Gasteiger partial charge >= 0.3 is 5.97 Å². The molecule has 0 aromatic carbocycles. The van der Waals surface area contributed by atoms with Gasteiger partial charge in [0.2, 0.25) is 6.17 Å². The number of hydrogen-bond donors (Lipinski definition) is 1. The molecule has 0 radical (unpaired) electrons. The van der Waals surface area contributed by atoms with Crippen molar-refractivity contribution in [2.45, 2.75) is 6.17 Å². The average Bonchev–Trinajstić information content (AvgIpc) is 1.63. The molecular formula is C4H3F3O2. The maximum atomic E-state index is 11.6. The van der Waals surface area contributed by atoms with Crippen LogP contribution in [0, 0.1) is 0 Å². The van der Waals surface area contributed by atoms with Crippen LogP contribution in [0.25, 0.3) is 0 Å². The first-order chi connectivity index (χ1) is 4.04. The molecule has 0 fully saturated rings. The quantitative estimate of drug-likeness (QED) is 0.625. The van der Waals surface area contributed by atoms with Crippen molar-refractivity contribution in [3.63, 3.8) is 0 Å². The van der Waals surface area contributed by atoms with Crippen molar-refractivity contribution < 1.29 is 23.1 Å². The van der Waals surface area contributed by atoms with E-state index in [2.05, 4.69) is 0 Å². The first-order valence-corrected chi connectivity index (χ1v) is 1.93. The van der Waals surface area contributed by atoms with E-state index in [1.54, 1.807) is 0 Å². The van der Waals surface area contributed by atoms with Crippen LogP contribution in [-0.4, -0.2) is 17.2 Å². The summed E-state index contributed by atoms with van der Waals surface area (Å²) in [6, 6.07) is 0. The summed E-state index contributed by atoms with van der Waals surface area (Å²) in [5.74, 6) is -1.91. The van der Waals surface area contributed by atoms with Crippen molar-refractivity contribution in [2.75, 3.05) is 0 Å². The molecule has 0 aliphatic carbocycles. The Hall–Kier alpha value is -1.00. The van der Waals surface area contributed by atoms with E-state index in [1.165, 1.54) is 0 Å². The van der Waals surface area contributed by atoms with Crippen LogP contribution < -0.4 is 0 Å². The fourth-order valence-electron chi connectivity index (χ4n) is 0.182. The third-order valence-corrected chi connectivity index (χ3v) is 0.508. The van der Waals surface area contributed by atoms with Gasteiger partial charge in [0.1, 0.15) is 0 Å². The third kappa shape index (κ3) is 3.57. The monoisotopic (exact) mass is 140 g/mol. The molecule has 0 aromatic heterocycles. The number of aliphatic carboxylic acids is 1. The van der Waals surface area contributed by atoms with Crippen molar-refractivity contribution in [1.29, 1.82) is 0 Å². The van der Waals surface area contributed by atoms with Gasteiger partial charge in [-0.15, -0.1) is 0 Å². The molecule has 0 saturated carbocycles. The number of carboxylic acid groups (broad SMARTS) is 1. The molecule has 52 valence electrons. The second kappa shape index (κ2) is 3.11. The summed E-state index contributed by atoms with van der Waals surface area (Å²) in [4.78, 5) is 9.48. The van der Waals surface area contributed by atoms with Gasteiger partial charge in [0.15, 0.2) is 0 Å². The minimum atomic E-state index is -2.60. The molecule has 1 unspecified atom stereocenters. The summed E-state index contributed by atoms with van der Waals surface area (Å²) in [5, 5.41) is 7.68. The number of halogens is 3. The topological polar surface area (TPSA) is 37.3 Å². The van der Waals surface area contributed by atoms with Gasteiger partial charge in [-0.05, 0) is 0 Å². The van der Waals surface area contributed by atoms with E-state index in [-0.39, 0.29) is 6.08 Å². The van der Waals surface area contributed by atoms with Crippen molar-refractivity contribution >= 4 is 5.97 Å². The van der Waals surface area contributed by atoms with E-state index in [9.17, 15) is 18.0 Å². The minimum absolute atomic E-state index is 0.275. The Balaban J connectivity index is 3.91. The lowest BCUT2D eigenvalue weighted by atomic mass is 10.4. The molecular weight excluding hydrogens is 137 g/mol. The molecule has 0 aromatic rings. The van der Waals surface area contributed by atoms with Crippen LogP contribution in [0.4, 0.5) is 13.2 Å². The average molecular weight is 140 g/mol. The van der Waals surface area contributed by atoms with Gasteiger partial charge in [0.25, 0.3) is 6.08 Å². The van der Waals surface area contributed by atoms with E-state index in [1.807, 2.05) is 0 Å². The molecule has 0 saturated heterocycles. The third-order valence-electron chi connectivity index (χ3n) is 0.508. The second-order valence-electron chi connectivity index (χ2n) is 1.20. The highest BCUT2D eigenvalue weighted by Gasteiger charge is 2.13. The molecule has 0 bridgehead atoms. The van der Waals surface area contributed by atoms with Gasteiger partial charge in [0.05, 0.1) is 0 Å². The summed E-state index contributed by atoms with van der Waals surface area (Å²) < 4.78 is 33.6. The molecule has 9 heavy (non-hydrogen) atoms. The van der Waals surface area contributed by atoms with E-state index in [0.29, 0.717) is 0 Å². The van der Waals surface area contributed by atoms with Gasteiger partial charge in [-0.3, -0.25) is 0 Å². The Morgan fingerprint density at radius 2 is 2.00 bits per heavy atom. The van der Waals surface area contributed by atoms with Crippen LogP contribution in [0.3, 0.4) is 0 Å². The predicted molar refractivity (Wildman–Crippen MR) is 22.8 cm³/mol. The first-order valence-electron chi connectivity index (χ1n) is 1.93. The van der Waals surface area contributed by atoms with Crippen LogP contribution in [0.2, 0.25) is 0 Å². The molecule has 0 spiro atoms. The molecule has 0 heterocycles. The fourth-order valence-corrected chi connectivity index (χ4v) is 0.182. The van der Waals surface area contributed by atoms with Gasteiger partial charge in [0, 0.05) is 6.08 Å². The molecule has 0 aliphatic rings. The highest BCUT2D eigenvalue weighted by molar-refractivity contribution is 5.74. The minimum Gasteiger partial charge on any atom is -0.479 e. The van der Waals surface area contributed by atoms with Crippen LogP contribution in [0.1, 0.15) is 0 Å². The molecule has 0 aliphatic heterocycles. The largest absolute Gasteiger partial charge is 0.479 e. The highest BCUT2D eigenvalue weighted by Crippen LogP contribution is 2.02. The van der Waals surface area contributed by atoms with Crippen molar-refractivity contribution in [3.8, 4) is 0 Å². The van der Waals surface area contributed by atoms with Crippen molar-refractivity contribution in [1.82, 2.24) is 0 Å². The second-order valence-corrected chi connectivity index (χ2v) is 1.20. The summed E-state index contributed by atoms with van der Waals surface area (Å²) in [6.07, 6.45) is -5.21. The Labute approximate surface area is 48.6 Å². The Bertz CT molecular complexity index is 139. The SMILES string of the molecule is O=C(O)C(F)C=C(F)F. The number of rotatable bonds is 2. The normalized spacial score (nSPS) is 12.3. The zero-order valence-corrected chi connectivity index (χ0v) is 4.14. The van der Waals surface area contributed by atoms with Crippen LogP contribution >= 0.6 is 0 Å². The Kier molecular flexibility index (Phi) is 2.77. The van der Waals surface area contributed by atoms with Crippen LogP contribution in [0.15, 0.2) is 12.2 Å². The molecule has 0 rings (SSSR count). The molecule has 2 nitrogen and oxygen atoms in total. The van der Waals surface area contributed by atoms with Crippen molar-refractivity contribution in [2.24, 2.45) is 0 Å². The van der Waals surface area contributed by atoms with Crippen LogP contribution in [0.5, 0.6) is 0 Å². The van der Waals surface area contributed by atoms with E-state index in [0.717, 1.165) is 0 Å². The molecule has 0 amide bonds. The smallest absolute Gasteiger partial charge is 0.342 e. The van der Waals surface area contributed by atoms with Gasteiger partial charge in [-0.2, -0.15) is 8.78 Å². The standard InChI is InChI=1S/C4H3F3O2/c5-2(4(8)9)1-3(6)7/h1-2H,(H,8,9). The van der Waals surface area contributed by atoms with Gasteiger partial charge < -0.3 is 5.11 Å². The number of alkyl halides is 1. The fraction of sp³-hybridized carbons (Fsp3) is 0.250. The van der Waals surface area contributed by atoms with E-state index >= 15 is 0 Å². The van der Waals surface area contributed by atoms with Gasteiger partial charge in [-0.1, -0.05) is 0 Å². The maximum absolute atomic E-state index is 11.6. The Morgan fingerprint density at radius 1 is 1.56 bits per heavy atom. The lowest BCUT2D eigenvalue weighted by Gasteiger charge is -1.89. The maximum Gasteiger partial charge on any atom is 0.342 e. The number of hydrogen-bond acceptors (Lipinski definition) is 1. The predicted octanol–water partition coefficient (Wildman–Crippen LogP) is 1.19. The summed E-state index contributed by atoms with van der Waals surface area (Å²) in [7, 11) is 0. The molecule has 1 atom stereocenters. The summed E-state index contributed by atoms with van der Waals surface area (Å²) >= 11 is 0. The number of carboxylic acids is 1. The summed E-state index contributed by atoms with van der Waals surface area (Å²) in [6.45, 7) is 0. The van der Waals surface area contributed by atoms with Crippen LogP contribution in [-0.2, 0) is 4.79 Å². The number of carbonyl (C=O) groups is 1.